The zero-order chi connectivity index (χ0) is 17.4. The minimum Gasteiger partial charge on any atom is -0.362 e. The molecule has 24 heavy (non-hydrogen) atoms. The Balaban J connectivity index is 1.63. The summed E-state index contributed by atoms with van der Waals surface area (Å²) in [7, 11) is 0. The summed E-state index contributed by atoms with van der Waals surface area (Å²) < 4.78 is 0. The maximum atomic E-state index is 12.0. The van der Waals surface area contributed by atoms with E-state index in [1.807, 2.05) is 19.1 Å². The number of benzene rings is 2. The van der Waals surface area contributed by atoms with Crippen molar-refractivity contribution >= 4 is 23.2 Å². The summed E-state index contributed by atoms with van der Waals surface area (Å²) in [4.78, 5) is 12.0. The molecule has 0 aromatic heterocycles. The van der Waals surface area contributed by atoms with Crippen LogP contribution in [0.4, 0.5) is 0 Å². The van der Waals surface area contributed by atoms with Crippen molar-refractivity contribution in [1.29, 1.82) is 0 Å². The quantitative estimate of drug-likeness (QED) is 0.618. The van der Waals surface area contributed by atoms with Crippen LogP contribution in [0.2, 0.25) is 0 Å². The lowest BCUT2D eigenvalue weighted by molar-refractivity contribution is 0.0976. The smallest absolute Gasteiger partial charge is 0.257 e. The Hall–Kier alpha value is -2.20. The summed E-state index contributed by atoms with van der Waals surface area (Å²) in [6.07, 6.45) is 3.16. The summed E-state index contributed by atoms with van der Waals surface area (Å²) >= 11 is 5.17. The lowest BCUT2D eigenvalue weighted by atomic mass is 10.1. The molecule has 3 nitrogen and oxygen atoms in total. The molecule has 0 heterocycles. The summed E-state index contributed by atoms with van der Waals surface area (Å²) in [5.74, 6) is -0.174. The minimum absolute atomic E-state index is 0.174. The number of carbonyl (C=O) groups is 1. The van der Waals surface area contributed by atoms with Gasteiger partial charge in [-0.05, 0) is 63.0 Å². The Morgan fingerprint density at radius 3 is 2.12 bits per heavy atom. The molecule has 2 aromatic rings. The van der Waals surface area contributed by atoms with Gasteiger partial charge in [-0.3, -0.25) is 10.1 Å². The van der Waals surface area contributed by atoms with Crippen molar-refractivity contribution in [3.05, 3.63) is 70.8 Å². The Morgan fingerprint density at radius 1 is 0.917 bits per heavy atom. The number of thiocarbonyl (C=S) groups is 1. The normalized spacial score (nSPS) is 10.2. The number of nitrogens with one attached hydrogen (secondary N) is 2. The molecule has 1 amide bonds. The van der Waals surface area contributed by atoms with E-state index >= 15 is 0 Å². The fourth-order valence-electron chi connectivity index (χ4n) is 2.34. The molecule has 0 spiro atoms. The first kappa shape index (κ1) is 18.1. The molecule has 0 aliphatic heterocycles. The average molecular weight is 340 g/mol. The highest BCUT2D eigenvalue weighted by Crippen LogP contribution is 2.07. The molecule has 126 valence electrons. The maximum absolute atomic E-state index is 12.0. The largest absolute Gasteiger partial charge is 0.362 e. The molecular formula is C20H24N2OS. The highest BCUT2D eigenvalue weighted by molar-refractivity contribution is 7.80. The highest BCUT2D eigenvalue weighted by atomic mass is 32.1. The van der Waals surface area contributed by atoms with Gasteiger partial charge in [-0.1, -0.05) is 47.5 Å². The van der Waals surface area contributed by atoms with Gasteiger partial charge in [0.2, 0.25) is 0 Å². The molecule has 4 heteroatoms. The third kappa shape index (κ3) is 6.13. The highest BCUT2D eigenvalue weighted by Gasteiger charge is 2.06. The lowest BCUT2D eigenvalue weighted by Gasteiger charge is -2.09. The molecular weight excluding hydrogens is 316 g/mol. The average Bonchev–Trinajstić information content (AvgIpc) is 2.56. The fraction of sp³-hybridized carbons (Fsp3) is 0.300. The number of amides is 1. The van der Waals surface area contributed by atoms with E-state index in [-0.39, 0.29) is 5.91 Å². The molecule has 2 rings (SSSR count). The maximum Gasteiger partial charge on any atom is 0.257 e. The molecule has 0 saturated carbocycles. The monoisotopic (exact) mass is 340 g/mol. The van der Waals surface area contributed by atoms with E-state index in [1.165, 1.54) is 11.1 Å². The van der Waals surface area contributed by atoms with Crippen LogP contribution >= 0.6 is 12.2 Å². The first-order valence-electron chi connectivity index (χ1n) is 8.26. The molecule has 0 radical (unpaired) electrons. The lowest BCUT2D eigenvalue weighted by Crippen LogP contribution is -2.39. The molecule has 0 atom stereocenters. The molecule has 0 fully saturated rings. The van der Waals surface area contributed by atoms with Gasteiger partial charge in [-0.25, -0.2) is 0 Å². The Bertz CT molecular complexity index is 678. The second-order valence-corrected chi connectivity index (χ2v) is 6.43. The molecule has 0 saturated heterocycles. The van der Waals surface area contributed by atoms with Crippen LogP contribution in [0.25, 0.3) is 0 Å². The second kappa shape index (κ2) is 9.18. The SMILES string of the molecule is Cc1ccc(CCCCNC(=S)NC(=O)c2ccc(C)cc2)cc1. The van der Waals surface area contributed by atoms with Crippen LogP contribution in [0.15, 0.2) is 48.5 Å². The zero-order valence-electron chi connectivity index (χ0n) is 14.3. The first-order valence-corrected chi connectivity index (χ1v) is 8.67. The number of aryl methyl sites for hydroxylation is 3. The molecule has 0 bridgehead atoms. The van der Waals surface area contributed by atoms with Gasteiger partial charge in [0.1, 0.15) is 0 Å². The van der Waals surface area contributed by atoms with Gasteiger partial charge in [0.25, 0.3) is 5.91 Å². The summed E-state index contributed by atoms with van der Waals surface area (Å²) in [5, 5.41) is 6.19. The van der Waals surface area contributed by atoms with Gasteiger partial charge in [-0.2, -0.15) is 0 Å². The van der Waals surface area contributed by atoms with Gasteiger partial charge >= 0.3 is 0 Å². The van der Waals surface area contributed by atoms with E-state index in [2.05, 4.69) is 41.8 Å². The van der Waals surface area contributed by atoms with E-state index < -0.39 is 0 Å². The summed E-state index contributed by atoms with van der Waals surface area (Å²) in [6, 6.07) is 16.1. The second-order valence-electron chi connectivity index (χ2n) is 6.02. The third-order valence-electron chi connectivity index (χ3n) is 3.84. The molecule has 2 aromatic carbocycles. The Kier molecular flexibility index (Phi) is 6.94. The van der Waals surface area contributed by atoms with Crippen LogP contribution in [-0.2, 0) is 6.42 Å². The molecule has 2 N–H and O–H groups in total. The van der Waals surface area contributed by atoms with E-state index in [4.69, 9.17) is 12.2 Å². The Labute approximate surface area is 149 Å². The van der Waals surface area contributed by atoms with Crippen LogP contribution in [-0.4, -0.2) is 17.6 Å². The van der Waals surface area contributed by atoms with Crippen molar-refractivity contribution in [2.75, 3.05) is 6.54 Å². The van der Waals surface area contributed by atoms with Crippen LogP contribution in [0.1, 0.15) is 39.9 Å². The van der Waals surface area contributed by atoms with Crippen molar-refractivity contribution in [3.8, 4) is 0 Å². The first-order chi connectivity index (χ1) is 11.5. The van der Waals surface area contributed by atoms with Crippen LogP contribution in [0.3, 0.4) is 0 Å². The minimum atomic E-state index is -0.174. The van der Waals surface area contributed by atoms with Crippen molar-refractivity contribution in [1.82, 2.24) is 10.6 Å². The Morgan fingerprint density at radius 2 is 1.50 bits per heavy atom. The summed E-state index contributed by atoms with van der Waals surface area (Å²) in [6.45, 7) is 4.85. The van der Waals surface area contributed by atoms with E-state index in [0.29, 0.717) is 10.7 Å². The molecule has 0 unspecified atom stereocenters. The fourth-order valence-corrected chi connectivity index (χ4v) is 2.53. The number of hydrogen-bond donors (Lipinski definition) is 2. The van der Waals surface area contributed by atoms with Gasteiger partial charge in [-0.15, -0.1) is 0 Å². The number of unbranched alkanes of at least 4 members (excludes halogenated alkanes) is 1. The van der Waals surface area contributed by atoms with Gasteiger partial charge < -0.3 is 5.32 Å². The van der Waals surface area contributed by atoms with E-state index in [0.717, 1.165) is 31.4 Å². The summed E-state index contributed by atoms with van der Waals surface area (Å²) in [5.41, 5.74) is 4.39. The molecule has 0 aliphatic rings. The van der Waals surface area contributed by atoms with Crippen LogP contribution < -0.4 is 10.6 Å². The van der Waals surface area contributed by atoms with Crippen LogP contribution in [0, 0.1) is 13.8 Å². The predicted molar refractivity (Wildman–Crippen MR) is 103 cm³/mol. The zero-order valence-corrected chi connectivity index (χ0v) is 15.1. The number of carbonyl (C=O) groups excluding carboxylic acids is 1. The van der Waals surface area contributed by atoms with Crippen molar-refractivity contribution in [3.63, 3.8) is 0 Å². The van der Waals surface area contributed by atoms with Crippen molar-refractivity contribution in [2.45, 2.75) is 33.1 Å². The van der Waals surface area contributed by atoms with E-state index in [9.17, 15) is 4.79 Å². The number of hydrogen-bond acceptors (Lipinski definition) is 2. The van der Waals surface area contributed by atoms with Gasteiger partial charge in [0.15, 0.2) is 5.11 Å². The predicted octanol–water partition coefficient (Wildman–Crippen LogP) is 3.93. The van der Waals surface area contributed by atoms with Crippen LogP contribution in [0.5, 0.6) is 0 Å². The third-order valence-corrected chi connectivity index (χ3v) is 4.09. The topological polar surface area (TPSA) is 41.1 Å². The van der Waals surface area contributed by atoms with Gasteiger partial charge in [0, 0.05) is 12.1 Å². The standard InChI is InChI=1S/C20H24N2OS/c1-15-6-10-17(11-7-15)5-3-4-14-21-20(24)22-19(23)18-12-8-16(2)9-13-18/h6-13H,3-5,14H2,1-2H3,(H2,21,22,23,24). The van der Waals surface area contributed by atoms with E-state index in [1.54, 1.807) is 12.1 Å². The molecule has 0 aliphatic carbocycles. The van der Waals surface area contributed by atoms with Crippen molar-refractivity contribution < 1.29 is 4.79 Å². The van der Waals surface area contributed by atoms with Gasteiger partial charge in [0.05, 0.1) is 0 Å². The number of rotatable bonds is 6. The van der Waals surface area contributed by atoms with Crippen molar-refractivity contribution in [2.24, 2.45) is 0 Å².